The summed E-state index contributed by atoms with van der Waals surface area (Å²) in [5.74, 6) is 1.79. The maximum absolute atomic E-state index is 5.21. The Bertz CT molecular complexity index is 378. The summed E-state index contributed by atoms with van der Waals surface area (Å²) < 4.78 is 7.25. The molecule has 2 heterocycles. The summed E-state index contributed by atoms with van der Waals surface area (Å²) in [7, 11) is 0. The van der Waals surface area contributed by atoms with Crippen LogP contribution in [0.3, 0.4) is 0 Å². The van der Waals surface area contributed by atoms with E-state index in [9.17, 15) is 0 Å². The van der Waals surface area contributed by atoms with Crippen molar-refractivity contribution in [1.82, 2.24) is 9.55 Å². The lowest BCUT2D eigenvalue weighted by Crippen LogP contribution is -2.05. The number of imidazole rings is 1. The summed E-state index contributed by atoms with van der Waals surface area (Å²) >= 11 is 0. The van der Waals surface area contributed by atoms with Crippen LogP contribution in [0, 0.1) is 0 Å². The fraction of sp³-hybridized carbons (Fsp3) is 0.300. The molecule has 0 fully saturated rings. The Balaban J connectivity index is 1.98. The molecule has 2 aromatic rings. The Morgan fingerprint density at radius 3 is 3.21 bits per heavy atom. The Morgan fingerprint density at radius 2 is 2.50 bits per heavy atom. The van der Waals surface area contributed by atoms with Crippen LogP contribution in [-0.2, 0) is 13.1 Å². The van der Waals surface area contributed by atoms with E-state index in [2.05, 4.69) is 17.2 Å². The standard InChI is InChI=1S/C10H13N3O/c1-2-13-6-5-11-10(13)12-8-9-4-3-7-14-9/h3-7H,2,8H2,1H3,(H,11,12). The molecule has 14 heavy (non-hydrogen) atoms. The molecule has 4 nitrogen and oxygen atoms in total. The molecule has 0 spiro atoms. The molecule has 74 valence electrons. The summed E-state index contributed by atoms with van der Waals surface area (Å²) in [5.41, 5.74) is 0. The third-order valence-electron chi connectivity index (χ3n) is 2.06. The van der Waals surface area contributed by atoms with Gasteiger partial charge >= 0.3 is 0 Å². The van der Waals surface area contributed by atoms with Crippen LogP contribution in [0.15, 0.2) is 35.2 Å². The van der Waals surface area contributed by atoms with E-state index in [1.807, 2.05) is 22.9 Å². The van der Waals surface area contributed by atoms with Crippen molar-refractivity contribution in [1.29, 1.82) is 0 Å². The zero-order valence-corrected chi connectivity index (χ0v) is 8.10. The first-order valence-corrected chi connectivity index (χ1v) is 4.67. The average Bonchev–Trinajstić information content (AvgIpc) is 2.85. The van der Waals surface area contributed by atoms with Crippen molar-refractivity contribution >= 4 is 5.95 Å². The average molecular weight is 191 g/mol. The van der Waals surface area contributed by atoms with Crippen LogP contribution in [0.5, 0.6) is 0 Å². The molecule has 0 radical (unpaired) electrons. The van der Waals surface area contributed by atoms with Crippen molar-refractivity contribution < 1.29 is 4.42 Å². The zero-order chi connectivity index (χ0) is 9.80. The minimum atomic E-state index is 0.671. The molecule has 0 aliphatic rings. The highest BCUT2D eigenvalue weighted by atomic mass is 16.3. The van der Waals surface area contributed by atoms with Crippen LogP contribution in [0.1, 0.15) is 12.7 Å². The molecule has 0 aromatic carbocycles. The van der Waals surface area contributed by atoms with Gasteiger partial charge in [-0.05, 0) is 19.1 Å². The fourth-order valence-electron chi connectivity index (χ4n) is 1.31. The minimum Gasteiger partial charge on any atom is -0.467 e. The SMILES string of the molecule is CCn1ccnc1NCc1ccco1. The molecular weight excluding hydrogens is 178 g/mol. The number of hydrogen-bond acceptors (Lipinski definition) is 3. The summed E-state index contributed by atoms with van der Waals surface area (Å²) in [4.78, 5) is 4.20. The van der Waals surface area contributed by atoms with Gasteiger partial charge in [-0.3, -0.25) is 0 Å². The molecular formula is C10H13N3O. The van der Waals surface area contributed by atoms with Gasteiger partial charge in [-0.25, -0.2) is 4.98 Å². The van der Waals surface area contributed by atoms with Gasteiger partial charge < -0.3 is 14.3 Å². The third kappa shape index (κ3) is 1.79. The molecule has 0 bridgehead atoms. The van der Waals surface area contributed by atoms with Gasteiger partial charge in [-0.15, -0.1) is 0 Å². The van der Waals surface area contributed by atoms with Crippen LogP contribution < -0.4 is 5.32 Å². The molecule has 0 atom stereocenters. The second kappa shape index (κ2) is 4.00. The summed E-state index contributed by atoms with van der Waals surface area (Å²) in [6, 6.07) is 3.82. The Kier molecular flexibility index (Phi) is 2.53. The smallest absolute Gasteiger partial charge is 0.203 e. The van der Waals surface area contributed by atoms with E-state index in [-0.39, 0.29) is 0 Å². The quantitative estimate of drug-likeness (QED) is 0.804. The minimum absolute atomic E-state index is 0.671. The maximum atomic E-state index is 5.21. The monoisotopic (exact) mass is 191 g/mol. The lowest BCUT2D eigenvalue weighted by Gasteiger charge is -2.05. The van der Waals surface area contributed by atoms with Gasteiger partial charge in [0.25, 0.3) is 0 Å². The molecule has 2 rings (SSSR count). The van der Waals surface area contributed by atoms with Crippen molar-refractivity contribution in [2.45, 2.75) is 20.0 Å². The summed E-state index contributed by atoms with van der Waals surface area (Å²) in [5, 5.41) is 3.20. The lowest BCUT2D eigenvalue weighted by molar-refractivity contribution is 0.517. The predicted octanol–water partition coefficient (Wildman–Crippen LogP) is 2.11. The van der Waals surface area contributed by atoms with Gasteiger partial charge in [0, 0.05) is 18.9 Å². The van der Waals surface area contributed by atoms with E-state index >= 15 is 0 Å². The fourth-order valence-corrected chi connectivity index (χ4v) is 1.31. The molecule has 1 N–H and O–H groups in total. The number of hydrogen-bond donors (Lipinski definition) is 1. The lowest BCUT2D eigenvalue weighted by atomic mass is 10.4. The largest absolute Gasteiger partial charge is 0.467 e. The topological polar surface area (TPSA) is 43.0 Å². The van der Waals surface area contributed by atoms with Crippen LogP contribution in [0.25, 0.3) is 0 Å². The van der Waals surface area contributed by atoms with E-state index in [0.717, 1.165) is 18.3 Å². The predicted molar refractivity (Wildman–Crippen MR) is 53.9 cm³/mol. The van der Waals surface area contributed by atoms with Gasteiger partial charge in [-0.2, -0.15) is 0 Å². The van der Waals surface area contributed by atoms with Crippen molar-refractivity contribution in [2.75, 3.05) is 5.32 Å². The van der Waals surface area contributed by atoms with E-state index in [1.54, 1.807) is 12.5 Å². The first kappa shape index (κ1) is 8.87. The number of rotatable bonds is 4. The Hall–Kier alpha value is -1.71. The first-order valence-electron chi connectivity index (χ1n) is 4.67. The number of nitrogens with zero attached hydrogens (tertiary/aromatic N) is 2. The van der Waals surface area contributed by atoms with E-state index < -0.39 is 0 Å². The Morgan fingerprint density at radius 1 is 1.57 bits per heavy atom. The number of aryl methyl sites for hydroxylation is 1. The number of anilines is 1. The summed E-state index contributed by atoms with van der Waals surface area (Å²) in [6.07, 6.45) is 5.40. The number of aromatic nitrogens is 2. The van der Waals surface area contributed by atoms with Gasteiger partial charge in [0.2, 0.25) is 5.95 Å². The normalized spacial score (nSPS) is 10.4. The van der Waals surface area contributed by atoms with Crippen LogP contribution in [0.4, 0.5) is 5.95 Å². The molecule has 0 saturated heterocycles. The molecule has 0 unspecified atom stereocenters. The molecule has 2 aromatic heterocycles. The van der Waals surface area contributed by atoms with Crippen LogP contribution >= 0.6 is 0 Å². The van der Waals surface area contributed by atoms with Crippen LogP contribution in [0.2, 0.25) is 0 Å². The molecule has 0 amide bonds. The second-order valence-corrected chi connectivity index (χ2v) is 2.97. The van der Waals surface area contributed by atoms with Gasteiger partial charge in [0.1, 0.15) is 5.76 Å². The molecule has 0 aliphatic carbocycles. The van der Waals surface area contributed by atoms with Crippen molar-refractivity contribution in [3.05, 3.63) is 36.5 Å². The van der Waals surface area contributed by atoms with Crippen molar-refractivity contribution in [3.63, 3.8) is 0 Å². The highest BCUT2D eigenvalue weighted by Gasteiger charge is 2.00. The molecule has 0 saturated carbocycles. The van der Waals surface area contributed by atoms with Crippen molar-refractivity contribution in [3.8, 4) is 0 Å². The summed E-state index contributed by atoms with van der Waals surface area (Å²) in [6.45, 7) is 3.67. The Labute approximate surface area is 82.6 Å². The van der Waals surface area contributed by atoms with Gasteiger partial charge in [0.05, 0.1) is 12.8 Å². The van der Waals surface area contributed by atoms with Crippen molar-refractivity contribution in [2.24, 2.45) is 0 Å². The van der Waals surface area contributed by atoms with Crippen LogP contribution in [-0.4, -0.2) is 9.55 Å². The van der Waals surface area contributed by atoms with E-state index in [4.69, 9.17) is 4.42 Å². The molecule has 4 heteroatoms. The third-order valence-corrected chi connectivity index (χ3v) is 2.06. The highest BCUT2D eigenvalue weighted by molar-refractivity contribution is 5.26. The first-order chi connectivity index (χ1) is 6.90. The van der Waals surface area contributed by atoms with Gasteiger partial charge in [0.15, 0.2) is 0 Å². The molecule has 0 aliphatic heterocycles. The second-order valence-electron chi connectivity index (χ2n) is 2.97. The maximum Gasteiger partial charge on any atom is 0.203 e. The van der Waals surface area contributed by atoms with E-state index in [1.165, 1.54) is 0 Å². The van der Waals surface area contributed by atoms with Gasteiger partial charge in [-0.1, -0.05) is 0 Å². The highest BCUT2D eigenvalue weighted by Crippen LogP contribution is 2.07. The van der Waals surface area contributed by atoms with E-state index in [0.29, 0.717) is 6.54 Å². The number of nitrogens with one attached hydrogen (secondary N) is 1. The zero-order valence-electron chi connectivity index (χ0n) is 8.10. The number of furan rings is 1.